The molecule has 0 unspecified atom stereocenters. The van der Waals surface area contributed by atoms with Crippen LogP contribution in [0.4, 0.5) is 17.1 Å². The molecule has 498 valence electrons. The summed E-state index contributed by atoms with van der Waals surface area (Å²) < 4.78 is 0. The van der Waals surface area contributed by atoms with Crippen LogP contribution in [0.5, 0.6) is 0 Å². The van der Waals surface area contributed by atoms with Gasteiger partial charge in [0.1, 0.15) is 33.2 Å². The number of hydrogen-bond acceptors (Lipinski definition) is 3. The van der Waals surface area contributed by atoms with Crippen LogP contribution in [-0.4, -0.2) is 0 Å². The van der Waals surface area contributed by atoms with Crippen molar-refractivity contribution in [2.45, 2.75) is 33.2 Å². The number of para-hydroxylation sites is 3. The lowest BCUT2D eigenvalue weighted by Crippen LogP contribution is -2.56. The molecular weight excluding hydrogens is 1270 g/mol. The molecule has 0 amide bonds. The maximum absolute atomic E-state index is 2.93. The van der Waals surface area contributed by atoms with Gasteiger partial charge in [0.15, 0.2) is 0 Å². The lowest BCUT2D eigenvalue weighted by molar-refractivity contribution is 0.477. The van der Waals surface area contributed by atoms with Crippen LogP contribution < -0.4 is 14.7 Å². The van der Waals surface area contributed by atoms with Crippen molar-refractivity contribution in [3.05, 3.63) is 555 Å². The van der Waals surface area contributed by atoms with E-state index < -0.39 is 33.2 Å². The third-order valence-electron chi connectivity index (χ3n) is 23.0. The van der Waals surface area contributed by atoms with Crippen LogP contribution in [0, 0.1) is 0 Å². The molecule has 3 heteroatoms. The molecule has 3 aliphatic rings. The Hall–Kier alpha value is -13.1. The van der Waals surface area contributed by atoms with Gasteiger partial charge in [-0.3, -0.25) is 0 Å². The van der Waals surface area contributed by atoms with Crippen LogP contribution in [0.1, 0.15) is 100 Å². The average Bonchev–Trinajstić information content (AvgIpc) is 1.43. The van der Waals surface area contributed by atoms with Crippen LogP contribution in [-0.2, 0) is 33.2 Å². The summed E-state index contributed by atoms with van der Waals surface area (Å²) >= 11 is 0. The van der Waals surface area contributed by atoms with Gasteiger partial charge in [-0.1, -0.05) is 419 Å². The molecule has 0 fully saturated rings. The molecule has 0 saturated carbocycles. The van der Waals surface area contributed by atoms with Gasteiger partial charge in [-0.25, -0.2) is 0 Å². The highest BCUT2D eigenvalue weighted by Gasteiger charge is 2.76. The first-order valence-corrected chi connectivity index (χ1v) is 36.7. The molecule has 0 atom stereocenters. The van der Waals surface area contributed by atoms with Crippen molar-refractivity contribution in [1.82, 2.24) is 0 Å². The third kappa shape index (κ3) is 8.73. The van der Waals surface area contributed by atoms with E-state index in [4.69, 9.17) is 0 Å². The fourth-order valence-electron chi connectivity index (χ4n) is 19.7. The average molecular weight is 1340 g/mol. The van der Waals surface area contributed by atoms with E-state index in [0.717, 1.165) is 83.8 Å². The van der Waals surface area contributed by atoms with Gasteiger partial charge < -0.3 is 14.7 Å². The molecule has 105 heavy (non-hydrogen) atoms. The zero-order valence-corrected chi connectivity index (χ0v) is 58.1. The molecule has 0 spiro atoms. The van der Waals surface area contributed by atoms with Crippen molar-refractivity contribution in [2.24, 2.45) is 0 Å². The largest absolute Gasteiger partial charge is 0.336 e. The van der Waals surface area contributed by atoms with Crippen LogP contribution in [0.25, 0.3) is 0 Å². The molecule has 16 aromatic rings. The van der Waals surface area contributed by atoms with Crippen molar-refractivity contribution >= 4 is 17.1 Å². The SMILES string of the molecule is c1ccc(N2C(c3ccccc3)(c3ccccc3)c3c4c(c5c(c3C2(c2ccccc2)c2ccccc2)C(c2ccccc2)(c2ccccc2)N(c2ccccc2)C5(c2ccccc2)c2ccccc2)C(c2ccccc2)(c2ccccc2)N(c2ccccc2)C4(c2ccccc2)c2ccccc2)cc1. The Kier molecular flexibility index (Phi) is 15.2. The third-order valence-corrected chi connectivity index (χ3v) is 23.0. The van der Waals surface area contributed by atoms with E-state index >= 15 is 0 Å². The topological polar surface area (TPSA) is 9.72 Å². The van der Waals surface area contributed by atoms with Gasteiger partial charge in [-0.05, 0) is 103 Å². The molecule has 3 nitrogen and oxygen atoms in total. The maximum atomic E-state index is 2.93. The smallest absolute Gasteiger partial charge is 0.118 e. The second kappa shape index (κ2) is 25.5. The highest BCUT2D eigenvalue weighted by molar-refractivity contribution is 5.95. The second-order valence-corrected chi connectivity index (χ2v) is 27.9. The lowest BCUT2D eigenvalue weighted by Gasteiger charge is -2.52. The van der Waals surface area contributed by atoms with Gasteiger partial charge in [-0.2, -0.15) is 0 Å². The van der Waals surface area contributed by atoms with E-state index in [1.807, 2.05) is 0 Å². The minimum absolute atomic E-state index is 1.04. The number of anilines is 3. The summed E-state index contributed by atoms with van der Waals surface area (Å²) in [5.74, 6) is 0. The quantitative estimate of drug-likeness (QED) is 0.101. The number of hydrogen-bond donors (Lipinski definition) is 0. The molecule has 3 heterocycles. The number of rotatable bonds is 15. The standard InChI is InChI=1S/C102H75N3/c1-16-46-76(47-17-1)97(77-48-18-2-19-49-77)91-92(98(78-50-20-3-21-51-78,79-52-22-4-23-53-79)103(97)88-70-40-13-41-71-88)94-96(102(86-66-36-11-37-67-86,87-68-38-12-39-69-87)105(90-74-44-15-45-75-90)100(94,82-58-28-7-29-59-82)83-60-30-8-31-61-83)95-93(91)99(80-54-24-5-25-55-80,81-56-26-6-27-57-81)104(89-72-42-14-43-73-89)101(95,84-62-32-9-33-63-84)85-64-34-10-35-65-85/h1-75H. The van der Waals surface area contributed by atoms with Crippen LogP contribution in [0.15, 0.2) is 455 Å². The Morgan fingerprint density at radius 2 is 0.190 bits per heavy atom. The Balaban J connectivity index is 1.29. The fourth-order valence-corrected chi connectivity index (χ4v) is 19.7. The molecule has 0 saturated heterocycles. The Morgan fingerprint density at radius 1 is 0.105 bits per heavy atom. The minimum atomic E-state index is -1.30. The molecule has 19 rings (SSSR count). The zero-order valence-electron chi connectivity index (χ0n) is 58.1. The summed E-state index contributed by atoms with van der Waals surface area (Å²) in [7, 11) is 0. The van der Waals surface area contributed by atoms with Crippen LogP contribution in [0.2, 0.25) is 0 Å². The Bertz CT molecular complexity index is 4540. The van der Waals surface area contributed by atoms with Gasteiger partial charge in [0.25, 0.3) is 0 Å². The number of benzene rings is 16. The van der Waals surface area contributed by atoms with E-state index in [0.29, 0.717) is 0 Å². The molecule has 0 aromatic heterocycles. The zero-order chi connectivity index (χ0) is 69.9. The first-order valence-electron chi connectivity index (χ1n) is 36.7. The predicted octanol–water partition coefficient (Wildman–Crippen LogP) is 23.0. The molecule has 16 aromatic carbocycles. The normalized spacial score (nSPS) is 15.8. The Labute approximate surface area is 616 Å². The van der Waals surface area contributed by atoms with Crippen LogP contribution in [0.3, 0.4) is 0 Å². The second-order valence-electron chi connectivity index (χ2n) is 27.9. The van der Waals surface area contributed by atoms with Gasteiger partial charge in [0.05, 0.1) is 0 Å². The minimum Gasteiger partial charge on any atom is -0.336 e. The summed E-state index contributed by atoms with van der Waals surface area (Å²) in [6.07, 6.45) is 0. The first kappa shape index (κ1) is 62.9. The van der Waals surface area contributed by atoms with E-state index in [9.17, 15) is 0 Å². The van der Waals surface area contributed by atoms with Gasteiger partial charge >= 0.3 is 0 Å². The highest BCUT2D eigenvalue weighted by atomic mass is 15.4. The number of fused-ring (bicyclic) bond motifs is 6. The molecular formula is C102H75N3. The molecule has 0 radical (unpaired) electrons. The molecule has 0 aliphatic carbocycles. The van der Waals surface area contributed by atoms with E-state index in [-0.39, 0.29) is 0 Å². The monoisotopic (exact) mass is 1340 g/mol. The van der Waals surface area contributed by atoms with E-state index in [2.05, 4.69) is 470 Å². The highest BCUT2D eigenvalue weighted by Crippen LogP contribution is 2.77. The van der Waals surface area contributed by atoms with Gasteiger partial charge in [0.2, 0.25) is 0 Å². The lowest BCUT2D eigenvalue weighted by atomic mass is 9.60. The number of nitrogens with zero attached hydrogens (tertiary/aromatic N) is 3. The summed E-state index contributed by atoms with van der Waals surface area (Å²) in [5, 5.41) is 0. The predicted molar refractivity (Wildman–Crippen MR) is 430 cm³/mol. The van der Waals surface area contributed by atoms with Crippen molar-refractivity contribution in [2.75, 3.05) is 14.7 Å². The molecule has 3 aliphatic heterocycles. The first-order chi connectivity index (χ1) is 52.2. The fraction of sp³-hybridized carbons (Fsp3) is 0.0588. The molecule has 0 N–H and O–H groups in total. The van der Waals surface area contributed by atoms with E-state index in [1.165, 1.54) is 33.4 Å². The Morgan fingerprint density at radius 3 is 0.286 bits per heavy atom. The summed E-state index contributed by atoms with van der Waals surface area (Å²) in [6.45, 7) is 0. The van der Waals surface area contributed by atoms with Crippen molar-refractivity contribution in [3.63, 3.8) is 0 Å². The van der Waals surface area contributed by atoms with Crippen molar-refractivity contribution in [1.29, 1.82) is 0 Å². The van der Waals surface area contributed by atoms with Crippen molar-refractivity contribution < 1.29 is 0 Å². The summed E-state index contributed by atoms with van der Waals surface area (Å²) in [6, 6.07) is 174. The van der Waals surface area contributed by atoms with Crippen LogP contribution >= 0.6 is 0 Å². The summed E-state index contributed by atoms with van der Waals surface area (Å²) in [5.41, 5.74) is 15.7. The van der Waals surface area contributed by atoms with Crippen molar-refractivity contribution in [3.8, 4) is 0 Å². The maximum Gasteiger partial charge on any atom is 0.118 e. The van der Waals surface area contributed by atoms with Gasteiger partial charge in [0, 0.05) is 50.4 Å². The molecule has 0 bridgehead atoms. The summed E-state index contributed by atoms with van der Waals surface area (Å²) in [4.78, 5) is 8.79. The van der Waals surface area contributed by atoms with Gasteiger partial charge in [-0.15, -0.1) is 0 Å². The van der Waals surface area contributed by atoms with E-state index in [1.54, 1.807) is 0 Å².